The summed E-state index contributed by atoms with van der Waals surface area (Å²) in [4.78, 5) is 2.74. The summed E-state index contributed by atoms with van der Waals surface area (Å²) >= 11 is 0. The Morgan fingerprint density at radius 2 is 1.67 bits per heavy atom. The predicted octanol–water partition coefficient (Wildman–Crippen LogP) is 4.71. The highest BCUT2D eigenvalue weighted by Crippen LogP contribution is 2.53. The van der Waals surface area contributed by atoms with Crippen LogP contribution in [0.1, 0.15) is 73.6 Å². The molecular weight excluding hydrogens is 218 g/mol. The molecule has 0 bridgehead atoms. The second kappa shape index (κ2) is 4.51. The Hall–Kier alpha value is -0.0400. The average molecular weight is 251 g/mol. The van der Waals surface area contributed by atoms with Gasteiger partial charge >= 0.3 is 0 Å². The standard InChI is InChI=1S/C17H33N/c1-15(2,3)14-8-10-17(12-14)9-7-11-18(13-17)16(4,5)6/h14H,7-13H2,1-6H3. The maximum atomic E-state index is 2.74. The van der Waals surface area contributed by atoms with E-state index in [4.69, 9.17) is 0 Å². The molecule has 1 spiro atoms. The van der Waals surface area contributed by atoms with Gasteiger partial charge in [-0.15, -0.1) is 0 Å². The molecule has 1 saturated heterocycles. The minimum atomic E-state index is 0.354. The molecule has 2 rings (SSSR count). The molecule has 2 unspecified atom stereocenters. The SMILES string of the molecule is CC(C)(C)C1CCC2(CCCN(C(C)(C)C)C2)C1. The molecule has 0 radical (unpaired) electrons. The fourth-order valence-corrected chi connectivity index (χ4v) is 4.10. The van der Waals surface area contributed by atoms with E-state index < -0.39 is 0 Å². The van der Waals surface area contributed by atoms with Crippen molar-refractivity contribution >= 4 is 0 Å². The van der Waals surface area contributed by atoms with Crippen LogP contribution < -0.4 is 0 Å². The number of nitrogens with zero attached hydrogens (tertiary/aromatic N) is 1. The maximum Gasteiger partial charge on any atom is 0.0125 e. The zero-order valence-corrected chi connectivity index (χ0v) is 13.5. The summed E-state index contributed by atoms with van der Waals surface area (Å²) in [5, 5.41) is 0. The molecule has 0 N–H and O–H groups in total. The van der Waals surface area contributed by atoms with Crippen LogP contribution in [0.3, 0.4) is 0 Å². The van der Waals surface area contributed by atoms with E-state index in [-0.39, 0.29) is 0 Å². The Morgan fingerprint density at radius 3 is 2.17 bits per heavy atom. The van der Waals surface area contributed by atoms with Crippen molar-refractivity contribution in [3.05, 3.63) is 0 Å². The molecule has 1 aliphatic carbocycles. The summed E-state index contributed by atoms with van der Waals surface area (Å²) < 4.78 is 0. The van der Waals surface area contributed by atoms with Crippen LogP contribution in [0.4, 0.5) is 0 Å². The smallest absolute Gasteiger partial charge is 0.0125 e. The lowest BCUT2D eigenvalue weighted by atomic mass is 9.73. The van der Waals surface area contributed by atoms with Crippen molar-refractivity contribution in [3.63, 3.8) is 0 Å². The molecule has 2 fully saturated rings. The van der Waals surface area contributed by atoms with Crippen molar-refractivity contribution in [2.24, 2.45) is 16.7 Å². The molecular formula is C17H33N. The zero-order valence-electron chi connectivity index (χ0n) is 13.5. The number of likely N-dealkylation sites (tertiary alicyclic amines) is 1. The van der Waals surface area contributed by atoms with Crippen LogP contribution in [0.2, 0.25) is 0 Å². The normalized spacial score (nSPS) is 35.3. The molecule has 1 heteroatoms. The van der Waals surface area contributed by atoms with Gasteiger partial charge in [-0.05, 0) is 76.2 Å². The van der Waals surface area contributed by atoms with Crippen LogP contribution in [-0.4, -0.2) is 23.5 Å². The van der Waals surface area contributed by atoms with Crippen molar-refractivity contribution < 1.29 is 0 Å². The lowest BCUT2D eigenvalue weighted by Crippen LogP contribution is -2.51. The molecule has 18 heavy (non-hydrogen) atoms. The molecule has 0 amide bonds. The Kier molecular flexibility index (Phi) is 3.60. The second-order valence-corrected chi connectivity index (χ2v) is 9.00. The molecule has 1 aliphatic heterocycles. The van der Waals surface area contributed by atoms with Crippen molar-refractivity contribution in [1.82, 2.24) is 4.90 Å². The van der Waals surface area contributed by atoms with E-state index in [9.17, 15) is 0 Å². The quantitative estimate of drug-likeness (QED) is 0.602. The largest absolute Gasteiger partial charge is 0.298 e. The minimum absolute atomic E-state index is 0.354. The molecule has 0 aromatic carbocycles. The number of hydrogen-bond donors (Lipinski definition) is 0. The van der Waals surface area contributed by atoms with Crippen molar-refractivity contribution in [3.8, 4) is 0 Å². The van der Waals surface area contributed by atoms with Gasteiger partial charge < -0.3 is 0 Å². The Balaban J connectivity index is 2.05. The van der Waals surface area contributed by atoms with E-state index in [1.54, 1.807) is 0 Å². The van der Waals surface area contributed by atoms with Crippen LogP contribution in [0.25, 0.3) is 0 Å². The van der Waals surface area contributed by atoms with Gasteiger partial charge in [0.1, 0.15) is 0 Å². The van der Waals surface area contributed by atoms with Crippen molar-refractivity contribution in [2.75, 3.05) is 13.1 Å². The summed E-state index contributed by atoms with van der Waals surface area (Å²) in [7, 11) is 0. The summed E-state index contributed by atoms with van der Waals surface area (Å²) in [5.74, 6) is 0.942. The average Bonchev–Trinajstić information content (AvgIpc) is 2.60. The van der Waals surface area contributed by atoms with Gasteiger partial charge in [0.25, 0.3) is 0 Å². The van der Waals surface area contributed by atoms with Gasteiger partial charge in [0.05, 0.1) is 0 Å². The van der Waals surface area contributed by atoms with Crippen LogP contribution >= 0.6 is 0 Å². The van der Waals surface area contributed by atoms with E-state index in [0.29, 0.717) is 16.4 Å². The number of piperidine rings is 1. The zero-order chi connectivity index (χ0) is 13.6. The third kappa shape index (κ3) is 2.92. The molecule has 0 aromatic heterocycles. The summed E-state index contributed by atoms with van der Waals surface area (Å²) in [6.07, 6.45) is 7.30. The van der Waals surface area contributed by atoms with Gasteiger partial charge in [0.15, 0.2) is 0 Å². The van der Waals surface area contributed by atoms with E-state index in [0.717, 1.165) is 5.92 Å². The summed E-state index contributed by atoms with van der Waals surface area (Å²) in [5.41, 5.74) is 1.52. The van der Waals surface area contributed by atoms with Gasteiger partial charge in [-0.2, -0.15) is 0 Å². The lowest BCUT2D eigenvalue weighted by Gasteiger charge is -2.47. The molecule has 1 nitrogen and oxygen atoms in total. The first-order valence-corrected chi connectivity index (χ1v) is 7.88. The molecule has 1 saturated carbocycles. The second-order valence-electron chi connectivity index (χ2n) is 9.00. The highest BCUT2D eigenvalue weighted by Gasteiger charge is 2.46. The summed E-state index contributed by atoms with van der Waals surface area (Å²) in [6, 6.07) is 0. The highest BCUT2D eigenvalue weighted by atomic mass is 15.2. The van der Waals surface area contributed by atoms with Gasteiger partial charge in [0.2, 0.25) is 0 Å². The first kappa shape index (κ1) is 14.4. The van der Waals surface area contributed by atoms with Gasteiger partial charge in [-0.3, -0.25) is 4.90 Å². The van der Waals surface area contributed by atoms with Crippen molar-refractivity contribution in [1.29, 1.82) is 0 Å². The van der Waals surface area contributed by atoms with E-state index in [1.807, 2.05) is 0 Å². The molecule has 106 valence electrons. The number of rotatable bonds is 0. The van der Waals surface area contributed by atoms with Crippen LogP contribution in [0, 0.1) is 16.7 Å². The third-order valence-corrected chi connectivity index (χ3v) is 5.54. The van der Waals surface area contributed by atoms with Gasteiger partial charge in [-0.1, -0.05) is 20.8 Å². The van der Waals surface area contributed by atoms with Gasteiger partial charge in [0, 0.05) is 12.1 Å². The first-order chi connectivity index (χ1) is 8.12. The van der Waals surface area contributed by atoms with Crippen LogP contribution in [-0.2, 0) is 0 Å². The summed E-state index contributed by atoms with van der Waals surface area (Å²) in [6.45, 7) is 17.1. The Bertz CT molecular complexity index is 294. The van der Waals surface area contributed by atoms with E-state index >= 15 is 0 Å². The van der Waals surface area contributed by atoms with E-state index in [2.05, 4.69) is 46.4 Å². The monoisotopic (exact) mass is 251 g/mol. The van der Waals surface area contributed by atoms with Gasteiger partial charge in [-0.25, -0.2) is 0 Å². The highest BCUT2D eigenvalue weighted by molar-refractivity contribution is 4.98. The Morgan fingerprint density at radius 1 is 1.00 bits per heavy atom. The topological polar surface area (TPSA) is 3.24 Å². The first-order valence-electron chi connectivity index (χ1n) is 7.88. The third-order valence-electron chi connectivity index (χ3n) is 5.54. The minimum Gasteiger partial charge on any atom is -0.298 e. The fraction of sp³-hybridized carbons (Fsp3) is 1.00. The molecule has 2 aliphatic rings. The number of hydrogen-bond acceptors (Lipinski definition) is 1. The lowest BCUT2D eigenvalue weighted by molar-refractivity contribution is 0.0229. The molecule has 2 atom stereocenters. The predicted molar refractivity (Wildman–Crippen MR) is 79.8 cm³/mol. The fourth-order valence-electron chi connectivity index (χ4n) is 4.10. The Labute approximate surface area is 114 Å². The van der Waals surface area contributed by atoms with E-state index in [1.165, 1.54) is 45.2 Å². The van der Waals surface area contributed by atoms with Crippen LogP contribution in [0.5, 0.6) is 0 Å². The molecule has 1 heterocycles. The molecule has 0 aromatic rings. The van der Waals surface area contributed by atoms with Crippen molar-refractivity contribution in [2.45, 2.75) is 79.2 Å². The maximum absolute atomic E-state index is 2.74. The van der Waals surface area contributed by atoms with Crippen LogP contribution in [0.15, 0.2) is 0 Å².